The minimum absolute atomic E-state index is 0.254. The Morgan fingerprint density at radius 1 is 1.32 bits per heavy atom. The molecule has 3 heteroatoms. The van der Waals surface area contributed by atoms with Crippen LogP contribution in [0.4, 0.5) is 5.69 Å². The number of nitrogens with zero attached hydrogens (tertiary/aromatic N) is 1. The Morgan fingerprint density at radius 2 is 2.05 bits per heavy atom. The molecular formula is C16H24N2O. The van der Waals surface area contributed by atoms with Crippen LogP contribution in [0.25, 0.3) is 0 Å². The first kappa shape index (κ1) is 12.9. The molecule has 1 aromatic rings. The number of benzene rings is 1. The second-order valence-corrected chi connectivity index (χ2v) is 6.45. The largest absolute Gasteiger partial charge is 0.399 e. The van der Waals surface area contributed by atoms with Gasteiger partial charge in [0.05, 0.1) is 6.10 Å². The fourth-order valence-electron chi connectivity index (χ4n) is 3.63. The van der Waals surface area contributed by atoms with Gasteiger partial charge in [0.15, 0.2) is 0 Å². The van der Waals surface area contributed by atoms with Crippen molar-refractivity contribution in [3.8, 4) is 0 Å². The normalized spacial score (nSPS) is 29.0. The summed E-state index contributed by atoms with van der Waals surface area (Å²) in [6, 6.07) is 6.94. The molecule has 0 bridgehead atoms. The van der Waals surface area contributed by atoms with E-state index < -0.39 is 0 Å². The lowest BCUT2D eigenvalue weighted by Crippen LogP contribution is -2.60. The van der Waals surface area contributed by atoms with Crippen LogP contribution in [0.15, 0.2) is 18.2 Å². The highest BCUT2D eigenvalue weighted by Gasteiger charge is 2.52. The summed E-state index contributed by atoms with van der Waals surface area (Å²) in [7, 11) is 0. The van der Waals surface area contributed by atoms with E-state index >= 15 is 0 Å². The van der Waals surface area contributed by atoms with Crippen LogP contribution in [0.3, 0.4) is 0 Å². The quantitative estimate of drug-likeness (QED) is 0.849. The van der Waals surface area contributed by atoms with Gasteiger partial charge in [0.2, 0.25) is 0 Å². The fraction of sp³-hybridized carbons (Fsp3) is 0.625. The van der Waals surface area contributed by atoms with Gasteiger partial charge in [-0.1, -0.05) is 19.9 Å². The zero-order valence-corrected chi connectivity index (χ0v) is 12.1. The number of hydrogen-bond acceptors (Lipinski definition) is 3. The van der Waals surface area contributed by atoms with Gasteiger partial charge in [0, 0.05) is 36.8 Å². The van der Waals surface area contributed by atoms with E-state index in [9.17, 15) is 0 Å². The molecule has 0 radical (unpaired) electrons. The van der Waals surface area contributed by atoms with Crippen molar-refractivity contribution in [1.82, 2.24) is 4.90 Å². The molecule has 1 aliphatic heterocycles. The molecule has 104 valence electrons. The summed E-state index contributed by atoms with van der Waals surface area (Å²) in [5.41, 5.74) is 9.84. The third kappa shape index (κ3) is 2.05. The van der Waals surface area contributed by atoms with E-state index in [1.165, 1.54) is 11.1 Å². The Hall–Kier alpha value is -1.06. The lowest BCUT2D eigenvalue weighted by Gasteiger charge is -2.55. The molecule has 1 saturated carbocycles. The van der Waals surface area contributed by atoms with Crippen molar-refractivity contribution in [2.75, 3.05) is 12.3 Å². The summed E-state index contributed by atoms with van der Waals surface area (Å²) < 4.78 is 5.83. The van der Waals surface area contributed by atoms with E-state index in [1.54, 1.807) is 0 Å². The lowest BCUT2D eigenvalue weighted by molar-refractivity contribution is -0.151. The molecule has 1 aliphatic carbocycles. The fourth-order valence-corrected chi connectivity index (χ4v) is 3.63. The van der Waals surface area contributed by atoms with Crippen molar-refractivity contribution in [2.24, 2.45) is 5.41 Å². The Labute approximate surface area is 115 Å². The second-order valence-electron chi connectivity index (χ2n) is 6.45. The van der Waals surface area contributed by atoms with E-state index in [2.05, 4.69) is 37.8 Å². The molecule has 0 aromatic heterocycles. The summed E-state index contributed by atoms with van der Waals surface area (Å²) in [5.74, 6) is 0. The SMILES string of the molecule is CCOC1CC(N2Cc3ccc(N)cc3C2)C1(C)C. The van der Waals surface area contributed by atoms with Gasteiger partial charge in [0.25, 0.3) is 0 Å². The lowest BCUT2D eigenvalue weighted by atomic mass is 9.63. The number of anilines is 1. The molecule has 3 rings (SSSR count). The van der Waals surface area contributed by atoms with Crippen molar-refractivity contribution in [2.45, 2.75) is 52.4 Å². The number of nitrogens with two attached hydrogens (primary N) is 1. The summed E-state index contributed by atoms with van der Waals surface area (Å²) in [6.07, 6.45) is 1.57. The van der Waals surface area contributed by atoms with E-state index in [4.69, 9.17) is 10.5 Å². The monoisotopic (exact) mass is 260 g/mol. The smallest absolute Gasteiger partial charge is 0.0655 e. The minimum atomic E-state index is 0.254. The van der Waals surface area contributed by atoms with Gasteiger partial charge < -0.3 is 10.5 Å². The minimum Gasteiger partial charge on any atom is -0.399 e. The van der Waals surface area contributed by atoms with Gasteiger partial charge >= 0.3 is 0 Å². The predicted octanol–water partition coefficient (Wildman–Crippen LogP) is 2.79. The molecule has 3 nitrogen and oxygen atoms in total. The average molecular weight is 260 g/mol. The molecule has 2 aliphatic rings. The van der Waals surface area contributed by atoms with Crippen molar-refractivity contribution in [3.63, 3.8) is 0 Å². The van der Waals surface area contributed by atoms with Crippen LogP contribution in [0.2, 0.25) is 0 Å². The van der Waals surface area contributed by atoms with Gasteiger partial charge in [0.1, 0.15) is 0 Å². The predicted molar refractivity (Wildman–Crippen MR) is 77.7 cm³/mol. The average Bonchev–Trinajstić information content (AvgIpc) is 2.75. The Kier molecular flexibility index (Phi) is 3.06. The van der Waals surface area contributed by atoms with Crippen LogP contribution in [0, 0.1) is 5.41 Å². The van der Waals surface area contributed by atoms with E-state index in [-0.39, 0.29) is 5.41 Å². The Balaban J connectivity index is 1.71. The standard InChI is InChI=1S/C16H24N2O/c1-4-19-15-8-14(16(15,2)3)18-9-11-5-6-13(17)7-12(11)10-18/h5-7,14-15H,4,8-10,17H2,1-3H3. The van der Waals surface area contributed by atoms with E-state index in [1.807, 2.05) is 6.07 Å². The van der Waals surface area contributed by atoms with Crippen molar-refractivity contribution in [1.29, 1.82) is 0 Å². The molecule has 19 heavy (non-hydrogen) atoms. The molecule has 1 fully saturated rings. The summed E-state index contributed by atoms with van der Waals surface area (Å²) in [6.45, 7) is 9.66. The highest BCUT2D eigenvalue weighted by Crippen LogP contribution is 2.47. The van der Waals surface area contributed by atoms with Crippen molar-refractivity contribution < 1.29 is 4.74 Å². The van der Waals surface area contributed by atoms with Crippen LogP contribution in [-0.4, -0.2) is 23.7 Å². The first-order valence-corrected chi connectivity index (χ1v) is 7.25. The maximum Gasteiger partial charge on any atom is 0.0655 e. The maximum atomic E-state index is 5.88. The van der Waals surface area contributed by atoms with Gasteiger partial charge in [-0.05, 0) is 36.6 Å². The molecule has 2 atom stereocenters. The topological polar surface area (TPSA) is 38.5 Å². The maximum absolute atomic E-state index is 5.88. The van der Waals surface area contributed by atoms with Gasteiger partial charge in [-0.2, -0.15) is 0 Å². The highest BCUT2D eigenvalue weighted by molar-refractivity contribution is 5.46. The number of rotatable bonds is 3. The Morgan fingerprint density at radius 3 is 2.74 bits per heavy atom. The van der Waals surface area contributed by atoms with Crippen LogP contribution in [0.5, 0.6) is 0 Å². The van der Waals surface area contributed by atoms with Crippen LogP contribution in [0.1, 0.15) is 38.3 Å². The molecule has 2 N–H and O–H groups in total. The summed E-state index contributed by atoms with van der Waals surface area (Å²) in [5, 5.41) is 0. The van der Waals surface area contributed by atoms with Crippen molar-refractivity contribution >= 4 is 5.69 Å². The highest BCUT2D eigenvalue weighted by atomic mass is 16.5. The van der Waals surface area contributed by atoms with Gasteiger partial charge in [-0.3, -0.25) is 4.90 Å². The molecule has 0 saturated heterocycles. The third-order valence-electron chi connectivity index (χ3n) is 4.91. The van der Waals surface area contributed by atoms with Crippen LogP contribution < -0.4 is 5.73 Å². The van der Waals surface area contributed by atoms with Gasteiger partial charge in [-0.15, -0.1) is 0 Å². The molecule has 1 heterocycles. The van der Waals surface area contributed by atoms with E-state index in [0.29, 0.717) is 12.1 Å². The summed E-state index contributed by atoms with van der Waals surface area (Å²) in [4.78, 5) is 2.58. The number of fused-ring (bicyclic) bond motifs is 1. The molecule has 2 unspecified atom stereocenters. The molecule has 0 spiro atoms. The molecular weight excluding hydrogens is 236 g/mol. The van der Waals surface area contributed by atoms with Crippen molar-refractivity contribution in [3.05, 3.63) is 29.3 Å². The van der Waals surface area contributed by atoms with Gasteiger partial charge in [-0.25, -0.2) is 0 Å². The first-order valence-electron chi connectivity index (χ1n) is 7.25. The number of ether oxygens (including phenoxy) is 1. The zero-order valence-electron chi connectivity index (χ0n) is 12.1. The zero-order chi connectivity index (χ0) is 13.6. The first-order chi connectivity index (χ1) is 9.02. The third-order valence-corrected chi connectivity index (χ3v) is 4.91. The number of hydrogen-bond donors (Lipinski definition) is 1. The Bertz CT molecular complexity index is 484. The summed E-state index contributed by atoms with van der Waals surface area (Å²) >= 11 is 0. The van der Waals surface area contributed by atoms with E-state index in [0.717, 1.165) is 31.8 Å². The second kappa shape index (κ2) is 4.50. The van der Waals surface area contributed by atoms with Crippen LogP contribution in [-0.2, 0) is 17.8 Å². The van der Waals surface area contributed by atoms with Crippen LogP contribution >= 0.6 is 0 Å². The molecule has 1 aromatic carbocycles. The molecule has 0 amide bonds. The number of nitrogen functional groups attached to an aromatic ring is 1.